The minimum absolute atomic E-state index is 0.00298. The molecule has 6 aliphatic rings. The molecule has 4 fully saturated rings. The molecule has 0 amide bonds. The first kappa shape index (κ1) is 47.4. The molecule has 1 aromatic carbocycles. The number of rotatable bonds is 11. The second-order valence-electron chi connectivity index (χ2n) is 19.2. The number of hydrogen-bond donors (Lipinski definition) is 0. The van der Waals surface area contributed by atoms with Crippen molar-refractivity contribution >= 4 is 29.1 Å². The van der Waals surface area contributed by atoms with Crippen molar-refractivity contribution in [2.45, 2.75) is 153 Å². The van der Waals surface area contributed by atoms with Crippen molar-refractivity contribution in [1.82, 2.24) is 19.9 Å². The summed E-state index contributed by atoms with van der Waals surface area (Å²) in [6.45, 7) is 8.12. The van der Waals surface area contributed by atoms with E-state index in [1.54, 1.807) is 21.3 Å². The van der Waals surface area contributed by atoms with E-state index in [2.05, 4.69) is 50.1 Å². The highest BCUT2D eigenvalue weighted by Crippen LogP contribution is 2.57. The Kier molecular flexibility index (Phi) is 15.2. The van der Waals surface area contributed by atoms with Crippen LogP contribution in [0.2, 0.25) is 5.02 Å². The predicted molar refractivity (Wildman–Crippen MR) is 240 cm³/mol. The Morgan fingerprint density at radius 1 is 0.875 bits per heavy atom. The first-order valence-corrected chi connectivity index (χ1v) is 23.9. The number of carbonyl (C=O) groups is 2. The van der Waals surface area contributed by atoms with Crippen LogP contribution in [0.3, 0.4) is 0 Å². The topological polar surface area (TPSA) is 142 Å². The summed E-state index contributed by atoms with van der Waals surface area (Å²) in [5.74, 6) is -1.31. The van der Waals surface area contributed by atoms with E-state index in [9.17, 15) is 4.79 Å². The summed E-state index contributed by atoms with van der Waals surface area (Å²) < 4.78 is 52.4. The first-order valence-electron chi connectivity index (χ1n) is 23.5. The lowest BCUT2D eigenvalue weighted by Gasteiger charge is -2.44. The zero-order valence-corrected chi connectivity index (χ0v) is 39.7. The maximum absolute atomic E-state index is 15.2. The van der Waals surface area contributed by atoms with Gasteiger partial charge in [-0.2, -0.15) is 0 Å². The molecule has 3 unspecified atom stereocenters. The van der Waals surface area contributed by atoms with Gasteiger partial charge in [-0.1, -0.05) is 54.9 Å². The van der Waals surface area contributed by atoms with Crippen LogP contribution < -0.4 is 0 Å². The third-order valence-corrected chi connectivity index (χ3v) is 15.5. The maximum Gasteiger partial charge on any atom is 0.306 e. The molecule has 4 heterocycles. The highest BCUT2D eigenvalue weighted by atomic mass is 35.5. The van der Waals surface area contributed by atoms with E-state index >= 15 is 4.79 Å². The Morgan fingerprint density at radius 2 is 1.66 bits per heavy atom. The highest BCUT2D eigenvalue weighted by molar-refractivity contribution is 6.30. The molecule has 3 aliphatic heterocycles. The smallest absolute Gasteiger partial charge is 0.306 e. The summed E-state index contributed by atoms with van der Waals surface area (Å²) >= 11 is 6.41. The third-order valence-electron chi connectivity index (χ3n) is 15.2. The number of benzene rings is 1. The molecule has 17 atom stereocenters. The van der Waals surface area contributed by atoms with Crippen molar-refractivity contribution in [2.24, 2.45) is 35.5 Å². The zero-order chi connectivity index (χ0) is 45.4. The van der Waals surface area contributed by atoms with Crippen molar-refractivity contribution < 1.29 is 47.5 Å². The number of ether oxygens (including phenoxy) is 8. The van der Waals surface area contributed by atoms with Gasteiger partial charge in [0.1, 0.15) is 30.1 Å². The number of halogens is 1. The second-order valence-corrected chi connectivity index (χ2v) is 19.6. The summed E-state index contributed by atoms with van der Waals surface area (Å²) in [4.78, 5) is 31.4. The van der Waals surface area contributed by atoms with E-state index < -0.39 is 36.6 Å². The largest absolute Gasteiger partial charge is 0.462 e. The van der Waals surface area contributed by atoms with Gasteiger partial charge < -0.3 is 42.8 Å². The van der Waals surface area contributed by atoms with Crippen LogP contribution in [0.25, 0.3) is 17.0 Å². The van der Waals surface area contributed by atoms with Crippen LogP contribution in [0.5, 0.6) is 0 Å². The molecular weight excluding hydrogens is 840 g/mol. The lowest BCUT2D eigenvalue weighted by Crippen LogP contribution is -2.59. The van der Waals surface area contributed by atoms with Crippen LogP contribution in [0.1, 0.15) is 85.5 Å². The summed E-state index contributed by atoms with van der Waals surface area (Å²) in [6, 6.07) is 7.87. The van der Waals surface area contributed by atoms with Gasteiger partial charge in [-0.05, 0) is 115 Å². The lowest BCUT2D eigenvalue weighted by molar-refractivity contribution is -0.314. The second kappa shape index (κ2) is 20.4. The quantitative estimate of drug-likeness (QED) is 0.207. The number of nitrogens with zero attached hydrogens (tertiary/aromatic N) is 4. The summed E-state index contributed by atoms with van der Waals surface area (Å²) in [6.07, 6.45) is 8.91. The Hall–Kier alpha value is -3.05. The Labute approximate surface area is 383 Å². The van der Waals surface area contributed by atoms with Crippen LogP contribution >= 0.6 is 11.6 Å². The van der Waals surface area contributed by atoms with Gasteiger partial charge in [0, 0.05) is 61.4 Å². The molecule has 0 bridgehead atoms. The molecule has 1 aromatic heterocycles. The van der Waals surface area contributed by atoms with E-state index in [0.717, 1.165) is 30.5 Å². The van der Waals surface area contributed by atoms with Gasteiger partial charge in [0.2, 0.25) is 0 Å². The number of Topliss-reactive ketones (excluding diaryl/α,β-unsaturated/α-hetero) is 1. The van der Waals surface area contributed by atoms with Crippen LogP contribution in [-0.2, 0) is 47.5 Å². The van der Waals surface area contributed by atoms with Crippen molar-refractivity contribution in [3.63, 3.8) is 0 Å². The number of fused-ring (bicyclic) bond motifs is 5. The number of cyclic esters (lactones) is 1. The molecule has 0 spiro atoms. The summed E-state index contributed by atoms with van der Waals surface area (Å²) in [5.41, 5.74) is 3.19. The van der Waals surface area contributed by atoms with Crippen LogP contribution in [-0.4, -0.2) is 135 Å². The highest BCUT2D eigenvalue weighted by Gasteiger charge is 2.55. The molecule has 8 rings (SSSR count). The van der Waals surface area contributed by atoms with E-state index in [1.165, 1.54) is 0 Å². The molecule has 352 valence electrons. The molecule has 64 heavy (non-hydrogen) atoms. The van der Waals surface area contributed by atoms with Gasteiger partial charge in [-0.3, -0.25) is 9.59 Å². The minimum atomic E-state index is -0.701. The molecule has 0 radical (unpaired) electrons. The van der Waals surface area contributed by atoms with Gasteiger partial charge in [-0.25, -0.2) is 4.68 Å². The number of esters is 1. The average molecular weight is 910 g/mol. The number of ketones is 1. The minimum Gasteiger partial charge on any atom is -0.462 e. The van der Waals surface area contributed by atoms with Crippen molar-refractivity contribution in [1.29, 1.82) is 0 Å². The molecule has 2 aromatic rings. The van der Waals surface area contributed by atoms with E-state index in [1.807, 2.05) is 49.0 Å². The number of aromatic nitrogens is 3. The molecular formula is C49H69ClN4O10. The molecule has 3 saturated heterocycles. The van der Waals surface area contributed by atoms with Crippen LogP contribution in [0, 0.1) is 35.5 Å². The van der Waals surface area contributed by atoms with Crippen molar-refractivity contribution in [2.75, 3.05) is 35.4 Å². The Balaban J connectivity index is 1.13. The van der Waals surface area contributed by atoms with Gasteiger partial charge in [-0.15, -0.1) is 5.10 Å². The normalized spacial score (nSPS) is 39.5. The maximum atomic E-state index is 15.2. The van der Waals surface area contributed by atoms with Crippen LogP contribution in [0.4, 0.5) is 0 Å². The van der Waals surface area contributed by atoms with E-state index in [-0.39, 0.29) is 78.5 Å². The van der Waals surface area contributed by atoms with Crippen molar-refractivity contribution in [3.8, 4) is 11.3 Å². The van der Waals surface area contributed by atoms with Crippen molar-refractivity contribution in [3.05, 3.63) is 53.2 Å². The average Bonchev–Trinajstić information content (AvgIpc) is 4.02. The van der Waals surface area contributed by atoms with Gasteiger partial charge in [0.15, 0.2) is 18.4 Å². The Morgan fingerprint density at radius 3 is 2.36 bits per heavy atom. The lowest BCUT2D eigenvalue weighted by atomic mass is 9.69. The molecule has 1 saturated carbocycles. The number of hydrogen-bond acceptors (Lipinski definition) is 13. The standard InChI is InChI=1S/C49H69ClN4O10/c1-10-31-15-12-16-42(64-44-18-17-40(53(5)6)27(3)60-44)26(2)45(56)38-22-34-33-20-32(63-49-48(59-9)47(58-8)46(57-7)28(4)61-49)21-37(33)41(23-35(34)36(38)24-43(55)62-31)54-25-39(51-52-54)29-13-11-14-30(50)19-29/h11,13-14,19,22-23,25-28,31-37,40,42,44,46-49H,10,12,15-18,20-21,24H2,1-9H3/t26-,27?,28?,31+,32+,33+,34+,35-,36+,37-,40+,42+,44+,46+,47?,48+,49+/m1/s1. The molecule has 3 aliphatic carbocycles. The first-order chi connectivity index (χ1) is 30.8. The fourth-order valence-corrected chi connectivity index (χ4v) is 12.1. The Bertz CT molecular complexity index is 2010. The zero-order valence-electron chi connectivity index (χ0n) is 39.0. The third kappa shape index (κ3) is 9.69. The number of likely N-dealkylation sites (N-methyl/N-ethyl adjacent to an activating group) is 1. The van der Waals surface area contributed by atoms with E-state index in [0.29, 0.717) is 54.4 Å². The molecule has 0 N–H and O–H groups in total. The fourth-order valence-electron chi connectivity index (χ4n) is 11.9. The monoisotopic (exact) mass is 908 g/mol. The SMILES string of the molecule is CC[C@H]1CCC[C@H](O[C@H]2CC[C@H](N(C)C)C(C)O2)[C@@H](C)C(=O)C2=C[C@@H]3[C@@H](C=C(n4cc(-c5cccc(Cl)c5)nn4)[C@@H]4C[C@@H](O[C@@H]5OC(C)[C@H](OC)C(OC)[C@@H]5OC)C[C@@H]34)[C@@H]2CC(=O)O1. The van der Waals surface area contributed by atoms with Gasteiger partial charge in [0.25, 0.3) is 0 Å². The number of allylic oxidation sites excluding steroid dienone is 4. The molecule has 14 nitrogen and oxygen atoms in total. The van der Waals surface area contributed by atoms with Gasteiger partial charge in [0.05, 0.1) is 37.0 Å². The van der Waals surface area contributed by atoms with Crippen LogP contribution in [0.15, 0.2) is 48.2 Å². The summed E-state index contributed by atoms with van der Waals surface area (Å²) in [7, 11) is 9.10. The van der Waals surface area contributed by atoms with E-state index in [4.69, 9.17) is 54.7 Å². The predicted octanol–water partition coefficient (Wildman–Crippen LogP) is 7.38. The number of carbonyl (C=O) groups excluding carboxylic acids is 2. The summed E-state index contributed by atoms with van der Waals surface area (Å²) in [5, 5.41) is 9.92. The van der Waals surface area contributed by atoms with Gasteiger partial charge >= 0.3 is 5.97 Å². The molecule has 15 heteroatoms. The fraction of sp³-hybridized carbons (Fsp3) is 0.714. The number of methoxy groups -OCH3 is 3.